The number of nitrogens with zero attached hydrogens (tertiary/aromatic N) is 2. The predicted molar refractivity (Wildman–Crippen MR) is 150 cm³/mol. The normalized spacial score (nSPS) is 22.2. The maximum absolute atomic E-state index is 16.1. The third-order valence-electron chi connectivity index (χ3n) is 8.30. The zero-order valence-corrected chi connectivity index (χ0v) is 25.1. The van der Waals surface area contributed by atoms with Crippen molar-refractivity contribution in [1.29, 1.82) is 0 Å². The Hall–Kier alpha value is -2.74. The monoisotopic (exact) mass is 654 g/mol. The number of carboxylic acid groups (broad SMARTS) is 2. The molecule has 1 heterocycles. The quantitative estimate of drug-likeness (QED) is 0.265. The van der Waals surface area contributed by atoms with Gasteiger partial charge in [-0.05, 0) is 68.1 Å². The van der Waals surface area contributed by atoms with Crippen molar-refractivity contribution in [3.8, 4) is 0 Å². The summed E-state index contributed by atoms with van der Waals surface area (Å²) in [4.78, 5) is 27.3. The van der Waals surface area contributed by atoms with Crippen molar-refractivity contribution in [3.05, 3.63) is 51.5 Å². The molecule has 0 spiro atoms. The smallest absolute Gasteiger partial charge is 0.481 e. The summed E-state index contributed by atoms with van der Waals surface area (Å²) in [7, 11) is 0. The van der Waals surface area contributed by atoms with Crippen LogP contribution >= 0.6 is 11.3 Å². The number of aromatic nitrogens is 1. The number of hydrogen-bond acceptors (Lipinski definition) is 5. The van der Waals surface area contributed by atoms with E-state index in [9.17, 15) is 36.2 Å². The van der Waals surface area contributed by atoms with Crippen LogP contribution in [0.15, 0.2) is 29.6 Å². The van der Waals surface area contributed by atoms with Crippen LogP contribution in [0, 0.1) is 5.92 Å². The van der Waals surface area contributed by atoms with Crippen molar-refractivity contribution in [2.45, 2.75) is 108 Å². The second-order valence-corrected chi connectivity index (χ2v) is 12.5. The molecule has 0 bridgehead atoms. The average Bonchev–Trinajstić information content (AvgIpc) is 3.40. The molecule has 2 aliphatic carbocycles. The number of benzene rings is 1. The number of aliphatic carboxylic acids is 2. The number of rotatable bonds is 9. The molecule has 2 aliphatic rings. The Bertz CT molecular complexity index is 1230. The topological polar surface area (TPSA) is 90.7 Å². The number of hydrogen-bond donors (Lipinski definition) is 2. The SMILES string of the molecule is CCc1csc(CN(CC2(F)CCCCC2)[C@@H]2CC[C@@H](CC(=O)O)C[C@H]2c2ccc(C(F)(F)F)cc2)n1.O=C(O)C(F)(F)F. The van der Waals surface area contributed by atoms with E-state index in [1.165, 1.54) is 12.1 Å². The van der Waals surface area contributed by atoms with Gasteiger partial charge in [0.15, 0.2) is 0 Å². The van der Waals surface area contributed by atoms with Crippen LogP contribution in [-0.4, -0.2) is 56.5 Å². The first kappa shape index (κ1) is 35.7. The first-order chi connectivity index (χ1) is 20.5. The van der Waals surface area contributed by atoms with Crippen molar-refractivity contribution >= 4 is 23.3 Å². The maximum Gasteiger partial charge on any atom is 0.490 e. The van der Waals surface area contributed by atoms with Crippen molar-refractivity contribution in [3.63, 3.8) is 0 Å². The van der Waals surface area contributed by atoms with Crippen molar-refractivity contribution in [2.75, 3.05) is 6.54 Å². The van der Waals surface area contributed by atoms with E-state index in [1.807, 2.05) is 12.3 Å². The number of halogens is 7. The van der Waals surface area contributed by atoms with E-state index in [4.69, 9.17) is 14.9 Å². The maximum atomic E-state index is 16.1. The van der Waals surface area contributed by atoms with E-state index in [1.54, 1.807) is 11.3 Å². The molecule has 44 heavy (non-hydrogen) atoms. The molecule has 2 fully saturated rings. The van der Waals surface area contributed by atoms with Crippen LogP contribution in [0.2, 0.25) is 0 Å². The lowest BCUT2D eigenvalue weighted by molar-refractivity contribution is -0.192. The lowest BCUT2D eigenvalue weighted by Crippen LogP contribution is -2.49. The molecule has 2 aromatic rings. The van der Waals surface area contributed by atoms with Gasteiger partial charge in [-0.15, -0.1) is 11.3 Å². The Balaban J connectivity index is 0.000000676. The van der Waals surface area contributed by atoms with E-state index in [0.717, 1.165) is 54.1 Å². The molecule has 0 saturated heterocycles. The van der Waals surface area contributed by atoms with Gasteiger partial charge in [0.05, 0.1) is 17.8 Å². The first-order valence-electron chi connectivity index (χ1n) is 14.6. The van der Waals surface area contributed by atoms with E-state index >= 15 is 4.39 Å². The second kappa shape index (κ2) is 15.0. The first-order valence-corrected chi connectivity index (χ1v) is 15.4. The third kappa shape index (κ3) is 10.4. The molecule has 0 radical (unpaired) electrons. The average molecular weight is 655 g/mol. The summed E-state index contributed by atoms with van der Waals surface area (Å²) in [6.45, 7) is 2.79. The number of alkyl halides is 7. The van der Waals surface area contributed by atoms with Gasteiger partial charge in [0.25, 0.3) is 0 Å². The highest BCUT2D eigenvalue weighted by Crippen LogP contribution is 2.43. The minimum Gasteiger partial charge on any atom is -0.481 e. The molecule has 14 heteroatoms. The number of thiazole rings is 1. The highest BCUT2D eigenvalue weighted by Gasteiger charge is 2.42. The van der Waals surface area contributed by atoms with Crippen molar-refractivity contribution in [1.82, 2.24) is 9.88 Å². The summed E-state index contributed by atoms with van der Waals surface area (Å²) in [6, 6.07) is 5.14. The molecule has 2 saturated carbocycles. The summed E-state index contributed by atoms with van der Waals surface area (Å²) in [5.74, 6) is -3.87. The lowest BCUT2D eigenvalue weighted by Gasteiger charge is -2.45. The zero-order chi connectivity index (χ0) is 32.7. The van der Waals surface area contributed by atoms with Crippen molar-refractivity contribution < 1.29 is 50.5 Å². The molecule has 1 aromatic heterocycles. The minimum atomic E-state index is -5.08. The van der Waals surface area contributed by atoms with Crippen LogP contribution in [0.1, 0.15) is 92.5 Å². The number of aryl methyl sites for hydroxylation is 1. The fourth-order valence-corrected chi connectivity index (χ4v) is 7.05. The molecular formula is C30H37F7N2O4S. The van der Waals surface area contributed by atoms with Crippen LogP contribution in [0.3, 0.4) is 0 Å². The summed E-state index contributed by atoms with van der Waals surface area (Å²) in [6.07, 6.45) is -2.96. The van der Waals surface area contributed by atoms with Gasteiger partial charge in [-0.2, -0.15) is 26.3 Å². The Morgan fingerprint density at radius 3 is 2.14 bits per heavy atom. The number of carboxylic acids is 2. The molecule has 0 aliphatic heterocycles. The Morgan fingerprint density at radius 2 is 1.64 bits per heavy atom. The fourth-order valence-electron chi connectivity index (χ4n) is 6.14. The van der Waals surface area contributed by atoms with Crippen LogP contribution in [0.5, 0.6) is 0 Å². The molecule has 4 rings (SSSR count). The van der Waals surface area contributed by atoms with Crippen LogP contribution in [0.25, 0.3) is 0 Å². The van der Waals surface area contributed by atoms with Gasteiger partial charge >= 0.3 is 24.3 Å². The van der Waals surface area contributed by atoms with Gasteiger partial charge in [-0.1, -0.05) is 38.3 Å². The van der Waals surface area contributed by atoms with Crippen LogP contribution < -0.4 is 0 Å². The summed E-state index contributed by atoms with van der Waals surface area (Å²) in [5, 5.41) is 19.5. The minimum absolute atomic E-state index is 0.0310. The molecule has 0 amide bonds. The number of carbonyl (C=O) groups is 2. The van der Waals surface area contributed by atoms with Crippen LogP contribution in [-0.2, 0) is 28.7 Å². The molecule has 0 unspecified atom stereocenters. The summed E-state index contributed by atoms with van der Waals surface area (Å²) >= 11 is 1.56. The van der Waals surface area contributed by atoms with Gasteiger partial charge < -0.3 is 10.2 Å². The van der Waals surface area contributed by atoms with E-state index in [2.05, 4.69) is 4.90 Å². The summed E-state index contributed by atoms with van der Waals surface area (Å²) in [5.41, 5.74) is -0.256. The lowest BCUT2D eigenvalue weighted by atomic mass is 9.72. The van der Waals surface area contributed by atoms with Crippen LogP contribution in [0.4, 0.5) is 30.7 Å². The molecule has 3 atom stereocenters. The standard InChI is InChI=1S/C28H36F4N2O2S.C2HF3O2/c1-2-22-17-37-25(33-22)16-34(18-27(29)12-4-3-5-13-27)24-11-6-19(15-26(35)36)14-23(24)20-7-9-21(10-8-20)28(30,31)32;3-2(4,5)1(6)7/h7-10,17,19,23-24H,2-6,11-16,18H2,1H3,(H,35,36);(H,6,7)/t19-,23+,24-;/m1./s1. The Kier molecular flexibility index (Phi) is 12.2. The van der Waals surface area contributed by atoms with Gasteiger partial charge in [-0.3, -0.25) is 9.69 Å². The van der Waals surface area contributed by atoms with E-state index < -0.39 is 35.5 Å². The largest absolute Gasteiger partial charge is 0.490 e. The molecule has 246 valence electrons. The molecule has 6 nitrogen and oxygen atoms in total. The van der Waals surface area contributed by atoms with Gasteiger partial charge in [0, 0.05) is 24.4 Å². The van der Waals surface area contributed by atoms with Gasteiger partial charge in [-0.25, -0.2) is 14.2 Å². The highest BCUT2D eigenvalue weighted by molar-refractivity contribution is 7.09. The molecule has 2 N–H and O–H groups in total. The van der Waals surface area contributed by atoms with Gasteiger partial charge in [0.2, 0.25) is 0 Å². The van der Waals surface area contributed by atoms with E-state index in [-0.39, 0.29) is 30.8 Å². The molecule has 1 aromatic carbocycles. The Labute approximate surface area is 255 Å². The predicted octanol–water partition coefficient (Wildman–Crippen LogP) is 8.26. The second-order valence-electron chi connectivity index (χ2n) is 11.6. The van der Waals surface area contributed by atoms with E-state index in [0.29, 0.717) is 38.6 Å². The molecular weight excluding hydrogens is 617 g/mol. The van der Waals surface area contributed by atoms with Gasteiger partial charge in [0.1, 0.15) is 10.7 Å². The summed E-state index contributed by atoms with van der Waals surface area (Å²) < 4.78 is 87.5. The highest BCUT2D eigenvalue weighted by atomic mass is 32.1. The third-order valence-corrected chi connectivity index (χ3v) is 9.18. The van der Waals surface area contributed by atoms with Crippen molar-refractivity contribution in [2.24, 2.45) is 5.92 Å². The zero-order valence-electron chi connectivity index (χ0n) is 24.3. The Morgan fingerprint density at radius 1 is 1.02 bits per heavy atom. The fraction of sp³-hybridized carbons (Fsp3) is 0.633.